The molecule has 0 bridgehead atoms. The van der Waals surface area contributed by atoms with Crippen LogP contribution in [0.4, 0.5) is 5.82 Å². The van der Waals surface area contributed by atoms with Crippen molar-refractivity contribution in [2.24, 2.45) is 5.73 Å². The molecule has 0 fully saturated rings. The molecular weight excluding hydrogens is 400 g/mol. The molecule has 30 heavy (non-hydrogen) atoms. The highest BCUT2D eigenvalue weighted by molar-refractivity contribution is 6.29. The molecule has 0 saturated heterocycles. The largest absolute Gasteiger partial charge is 0.383 e. The second-order valence-corrected chi connectivity index (χ2v) is 7.86. The molecule has 1 atom stereocenters. The number of hydrogen-bond acceptors (Lipinski definition) is 5. The third-order valence-electron chi connectivity index (χ3n) is 5.58. The van der Waals surface area contributed by atoms with Crippen LogP contribution >= 0.6 is 11.6 Å². The zero-order valence-corrected chi connectivity index (χ0v) is 16.8. The normalized spacial score (nSPS) is 15.4. The average molecular weight is 419 g/mol. The number of amides is 1. The van der Waals surface area contributed by atoms with Gasteiger partial charge in [-0.1, -0.05) is 17.7 Å². The van der Waals surface area contributed by atoms with Gasteiger partial charge in [0.25, 0.3) is 0 Å². The Hall–Kier alpha value is -3.45. The van der Waals surface area contributed by atoms with E-state index in [0.29, 0.717) is 34.4 Å². The van der Waals surface area contributed by atoms with Crippen molar-refractivity contribution in [2.45, 2.75) is 25.2 Å². The molecule has 0 saturated carbocycles. The number of aryl methyl sites for hydroxylation is 1. The number of primary amides is 1. The second kappa shape index (κ2) is 7.11. The number of hydrogen-bond donors (Lipinski definition) is 2. The van der Waals surface area contributed by atoms with E-state index in [4.69, 9.17) is 28.1 Å². The van der Waals surface area contributed by atoms with Crippen molar-refractivity contribution in [1.29, 1.82) is 0 Å². The summed E-state index contributed by atoms with van der Waals surface area (Å²) < 4.78 is 1.95. The number of imidazole rings is 1. The zero-order valence-electron chi connectivity index (χ0n) is 16.0. The number of benzene rings is 1. The van der Waals surface area contributed by atoms with E-state index in [1.807, 2.05) is 28.8 Å². The second-order valence-electron chi connectivity index (χ2n) is 7.47. The number of nitrogens with two attached hydrogens (primary N) is 2. The molecule has 7 nitrogen and oxygen atoms in total. The van der Waals surface area contributed by atoms with E-state index in [1.165, 1.54) is 11.1 Å². The van der Waals surface area contributed by atoms with Crippen molar-refractivity contribution in [3.05, 3.63) is 64.9 Å². The number of nitrogens with zero attached hydrogens (tertiary/aromatic N) is 4. The topological polar surface area (TPSA) is 113 Å². The van der Waals surface area contributed by atoms with E-state index in [2.05, 4.69) is 22.1 Å². The number of pyridine rings is 2. The lowest BCUT2D eigenvalue weighted by Gasteiger charge is -2.13. The highest BCUT2D eigenvalue weighted by atomic mass is 35.5. The Morgan fingerprint density at radius 3 is 2.87 bits per heavy atom. The molecule has 1 aromatic carbocycles. The quantitative estimate of drug-likeness (QED) is 0.491. The Labute approximate surface area is 177 Å². The minimum atomic E-state index is -0.272. The fraction of sp³-hybridized carbons (Fsp3) is 0.182. The van der Waals surface area contributed by atoms with E-state index >= 15 is 0 Å². The van der Waals surface area contributed by atoms with Crippen LogP contribution in [0, 0.1) is 0 Å². The van der Waals surface area contributed by atoms with E-state index in [9.17, 15) is 4.79 Å². The number of carbonyl (C=O) groups is 1. The molecule has 8 heteroatoms. The van der Waals surface area contributed by atoms with Crippen LogP contribution in [-0.2, 0) is 11.2 Å². The van der Waals surface area contributed by atoms with Gasteiger partial charge < -0.3 is 11.5 Å². The fourth-order valence-electron chi connectivity index (χ4n) is 4.25. The SMILES string of the molecule is NC(=O)CC1CCc2cc(-n3c(-c4cccnc4N)nc4ccc(Cl)nc43)ccc21. The summed E-state index contributed by atoms with van der Waals surface area (Å²) in [5.41, 5.74) is 16.9. The number of rotatable bonds is 4. The molecule has 1 aliphatic carbocycles. The summed E-state index contributed by atoms with van der Waals surface area (Å²) in [6.07, 6.45) is 3.83. The molecule has 4 aromatic rings. The zero-order chi connectivity index (χ0) is 20.8. The summed E-state index contributed by atoms with van der Waals surface area (Å²) in [5.74, 6) is 0.942. The summed E-state index contributed by atoms with van der Waals surface area (Å²) in [6.45, 7) is 0. The van der Waals surface area contributed by atoms with Gasteiger partial charge in [0.15, 0.2) is 11.5 Å². The molecule has 3 aromatic heterocycles. The number of aromatic nitrogens is 4. The van der Waals surface area contributed by atoms with Crippen molar-refractivity contribution < 1.29 is 4.79 Å². The highest BCUT2D eigenvalue weighted by Gasteiger charge is 2.25. The summed E-state index contributed by atoms with van der Waals surface area (Å²) in [7, 11) is 0. The van der Waals surface area contributed by atoms with E-state index in [-0.39, 0.29) is 11.8 Å². The van der Waals surface area contributed by atoms with Crippen molar-refractivity contribution in [1.82, 2.24) is 19.5 Å². The lowest BCUT2D eigenvalue weighted by Crippen LogP contribution is -2.14. The first kappa shape index (κ1) is 18.6. The molecule has 0 spiro atoms. The number of fused-ring (bicyclic) bond motifs is 2. The van der Waals surface area contributed by atoms with Gasteiger partial charge in [-0.05, 0) is 66.3 Å². The molecule has 3 heterocycles. The minimum absolute atomic E-state index is 0.173. The van der Waals surface area contributed by atoms with Crippen molar-refractivity contribution in [2.75, 3.05) is 5.73 Å². The Morgan fingerprint density at radius 1 is 1.20 bits per heavy atom. The molecule has 0 aliphatic heterocycles. The first-order valence-corrected chi connectivity index (χ1v) is 10.1. The molecule has 1 amide bonds. The van der Waals surface area contributed by atoms with Gasteiger partial charge in [0.05, 0.1) is 5.56 Å². The predicted molar refractivity (Wildman–Crippen MR) is 116 cm³/mol. The van der Waals surface area contributed by atoms with E-state index in [1.54, 1.807) is 12.3 Å². The van der Waals surface area contributed by atoms with E-state index in [0.717, 1.165) is 24.1 Å². The molecule has 1 aliphatic rings. The third kappa shape index (κ3) is 3.07. The highest BCUT2D eigenvalue weighted by Crippen LogP contribution is 2.38. The van der Waals surface area contributed by atoms with Gasteiger partial charge in [0.2, 0.25) is 5.91 Å². The summed E-state index contributed by atoms with van der Waals surface area (Å²) in [4.78, 5) is 24.9. The molecule has 0 radical (unpaired) electrons. The molecule has 1 unspecified atom stereocenters. The minimum Gasteiger partial charge on any atom is -0.383 e. The van der Waals surface area contributed by atoms with Crippen LogP contribution in [0.5, 0.6) is 0 Å². The van der Waals surface area contributed by atoms with Crippen molar-refractivity contribution in [3.63, 3.8) is 0 Å². The summed E-state index contributed by atoms with van der Waals surface area (Å²) in [6, 6.07) is 13.5. The maximum Gasteiger partial charge on any atom is 0.218 e. The Morgan fingerprint density at radius 2 is 2.07 bits per heavy atom. The van der Waals surface area contributed by atoms with Crippen LogP contribution in [0.15, 0.2) is 48.7 Å². The van der Waals surface area contributed by atoms with Gasteiger partial charge in [0, 0.05) is 18.3 Å². The average Bonchev–Trinajstić information content (AvgIpc) is 3.28. The Bertz CT molecular complexity index is 1300. The number of anilines is 1. The number of carbonyl (C=O) groups excluding carboxylic acids is 1. The smallest absolute Gasteiger partial charge is 0.218 e. The third-order valence-corrected chi connectivity index (χ3v) is 5.79. The van der Waals surface area contributed by atoms with Gasteiger partial charge in [-0.25, -0.2) is 15.0 Å². The molecule has 150 valence electrons. The molecule has 4 N–H and O–H groups in total. The number of nitrogen functional groups attached to an aromatic ring is 1. The number of halogens is 1. The first-order valence-electron chi connectivity index (χ1n) is 9.68. The summed E-state index contributed by atoms with van der Waals surface area (Å²) >= 11 is 6.19. The van der Waals surface area contributed by atoms with Crippen LogP contribution in [0.3, 0.4) is 0 Å². The van der Waals surface area contributed by atoms with Crippen LogP contribution in [0.1, 0.15) is 29.9 Å². The maximum atomic E-state index is 11.4. The molecule has 5 rings (SSSR count). The van der Waals surface area contributed by atoms with Crippen LogP contribution < -0.4 is 11.5 Å². The van der Waals surface area contributed by atoms with Crippen LogP contribution in [0.2, 0.25) is 5.15 Å². The Balaban J connectivity index is 1.71. The van der Waals surface area contributed by atoms with Crippen LogP contribution in [0.25, 0.3) is 28.2 Å². The van der Waals surface area contributed by atoms with Gasteiger partial charge in [-0.15, -0.1) is 0 Å². The van der Waals surface area contributed by atoms with Gasteiger partial charge in [-0.3, -0.25) is 9.36 Å². The molecular formula is C22H19ClN6O. The van der Waals surface area contributed by atoms with Crippen molar-refractivity contribution >= 4 is 34.5 Å². The van der Waals surface area contributed by atoms with Crippen LogP contribution in [-0.4, -0.2) is 25.4 Å². The summed E-state index contributed by atoms with van der Waals surface area (Å²) in [5, 5.41) is 0.386. The fourth-order valence-corrected chi connectivity index (χ4v) is 4.40. The maximum absolute atomic E-state index is 11.4. The lowest BCUT2D eigenvalue weighted by atomic mass is 9.97. The van der Waals surface area contributed by atoms with Gasteiger partial charge >= 0.3 is 0 Å². The van der Waals surface area contributed by atoms with Gasteiger partial charge in [-0.2, -0.15) is 0 Å². The van der Waals surface area contributed by atoms with E-state index < -0.39 is 0 Å². The first-order chi connectivity index (χ1) is 14.5. The van der Waals surface area contributed by atoms with Gasteiger partial charge in [0.1, 0.15) is 16.5 Å². The predicted octanol–water partition coefficient (Wildman–Crippen LogP) is 3.62. The lowest BCUT2D eigenvalue weighted by molar-refractivity contribution is -0.118. The Kier molecular flexibility index (Phi) is 4.40. The monoisotopic (exact) mass is 418 g/mol. The van der Waals surface area contributed by atoms with Crippen molar-refractivity contribution in [3.8, 4) is 17.1 Å². The standard InChI is InChI=1S/C22H19ClN6O/c23-18-8-7-17-22(28-18)29(21(27-17)16-2-1-9-26-20(16)25)14-5-6-15-12(10-14)3-4-13(15)11-19(24)30/h1-2,5-10,13H,3-4,11H2,(H2,24,30)(H2,25,26).